The number of nitrogens with one attached hydrogen (secondary N) is 1. The fraction of sp³-hybridized carbons (Fsp3) is 0.100. The number of anilines is 1. The number of halogens is 4. The molecule has 5 rings (SSSR count). The van der Waals surface area contributed by atoms with Gasteiger partial charge in [0.15, 0.2) is 0 Å². The number of nitrogens with zero attached hydrogens (tertiary/aromatic N) is 1. The zero-order chi connectivity index (χ0) is 29.3. The number of barbiturate groups is 1. The number of benzene rings is 4. The highest BCUT2D eigenvalue weighted by molar-refractivity contribution is 6.42. The highest BCUT2D eigenvalue weighted by Crippen LogP contribution is 2.37. The average molecular weight is 581 g/mol. The van der Waals surface area contributed by atoms with Crippen LogP contribution in [0.15, 0.2) is 84.4 Å². The predicted molar refractivity (Wildman–Crippen MR) is 147 cm³/mol. The molecule has 0 aliphatic carbocycles. The monoisotopic (exact) mass is 580 g/mol. The lowest BCUT2D eigenvalue weighted by Crippen LogP contribution is -2.54. The van der Waals surface area contributed by atoms with E-state index in [2.05, 4.69) is 0 Å². The van der Waals surface area contributed by atoms with Crippen molar-refractivity contribution in [2.75, 3.05) is 12.0 Å². The molecular weight excluding hydrogens is 561 g/mol. The van der Waals surface area contributed by atoms with Gasteiger partial charge in [0, 0.05) is 11.6 Å². The van der Waals surface area contributed by atoms with Gasteiger partial charge < -0.3 is 9.47 Å². The van der Waals surface area contributed by atoms with E-state index in [0.717, 1.165) is 28.5 Å². The van der Waals surface area contributed by atoms with E-state index >= 15 is 0 Å². The topological polar surface area (TPSA) is 84.9 Å². The van der Waals surface area contributed by atoms with Crippen LogP contribution in [0.1, 0.15) is 16.7 Å². The van der Waals surface area contributed by atoms with Crippen LogP contribution in [-0.4, -0.2) is 25.0 Å². The van der Waals surface area contributed by atoms with Crippen molar-refractivity contribution in [2.45, 2.75) is 12.8 Å². The maximum absolute atomic E-state index is 13.4. The predicted octanol–water partition coefficient (Wildman–Crippen LogP) is 6.77. The molecule has 4 amide bonds. The molecule has 0 aromatic heterocycles. The first-order valence-corrected chi connectivity index (χ1v) is 12.5. The van der Waals surface area contributed by atoms with Gasteiger partial charge in [-0.15, -0.1) is 0 Å². The molecule has 1 heterocycles. The number of urea groups is 1. The Morgan fingerprint density at radius 3 is 2.46 bits per heavy atom. The van der Waals surface area contributed by atoms with E-state index in [1.54, 1.807) is 18.2 Å². The van der Waals surface area contributed by atoms with E-state index in [1.807, 2.05) is 47.8 Å². The van der Waals surface area contributed by atoms with Crippen LogP contribution < -0.4 is 19.7 Å². The van der Waals surface area contributed by atoms with Crippen LogP contribution >= 0.6 is 11.6 Å². The van der Waals surface area contributed by atoms with Crippen molar-refractivity contribution >= 4 is 52.0 Å². The minimum atomic E-state index is -4.76. The van der Waals surface area contributed by atoms with Crippen molar-refractivity contribution in [2.24, 2.45) is 0 Å². The lowest BCUT2D eigenvalue weighted by molar-refractivity contribution is -0.137. The quantitative estimate of drug-likeness (QED) is 0.201. The number of imide groups is 2. The van der Waals surface area contributed by atoms with Gasteiger partial charge in [0.05, 0.1) is 23.4 Å². The number of methoxy groups -OCH3 is 1. The number of fused-ring (bicyclic) bond motifs is 1. The summed E-state index contributed by atoms with van der Waals surface area (Å²) in [6.07, 6.45) is -3.57. The van der Waals surface area contributed by atoms with Gasteiger partial charge in [-0.05, 0) is 52.7 Å². The van der Waals surface area contributed by atoms with Crippen LogP contribution in [0.4, 0.5) is 23.7 Å². The molecule has 4 aromatic carbocycles. The first-order valence-electron chi connectivity index (χ1n) is 12.1. The minimum Gasteiger partial charge on any atom is -0.497 e. The summed E-state index contributed by atoms with van der Waals surface area (Å²) in [7, 11) is 1.46. The van der Waals surface area contributed by atoms with E-state index < -0.39 is 40.8 Å². The molecule has 1 N–H and O–H groups in total. The smallest absolute Gasteiger partial charge is 0.416 e. The van der Waals surface area contributed by atoms with Crippen LogP contribution in [0.2, 0.25) is 5.02 Å². The summed E-state index contributed by atoms with van der Waals surface area (Å²) < 4.78 is 51.4. The van der Waals surface area contributed by atoms with E-state index in [1.165, 1.54) is 13.2 Å². The molecule has 41 heavy (non-hydrogen) atoms. The van der Waals surface area contributed by atoms with Crippen LogP contribution in [0.5, 0.6) is 11.5 Å². The number of hydrogen-bond acceptors (Lipinski definition) is 5. The molecule has 7 nitrogen and oxygen atoms in total. The fourth-order valence-corrected chi connectivity index (χ4v) is 4.55. The summed E-state index contributed by atoms with van der Waals surface area (Å²) in [6.45, 7) is 0.134. The maximum atomic E-state index is 13.4. The third-order valence-corrected chi connectivity index (χ3v) is 6.72. The van der Waals surface area contributed by atoms with E-state index in [-0.39, 0.29) is 22.9 Å². The Morgan fingerprint density at radius 2 is 1.71 bits per heavy atom. The van der Waals surface area contributed by atoms with Crippen molar-refractivity contribution in [3.8, 4) is 11.5 Å². The van der Waals surface area contributed by atoms with Crippen molar-refractivity contribution in [3.05, 3.63) is 106 Å². The average Bonchev–Trinajstić information content (AvgIpc) is 2.94. The first-order chi connectivity index (χ1) is 19.6. The molecule has 0 bridgehead atoms. The van der Waals surface area contributed by atoms with Crippen molar-refractivity contribution in [1.29, 1.82) is 0 Å². The third kappa shape index (κ3) is 5.59. The number of alkyl halides is 3. The van der Waals surface area contributed by atoms with E-state index in [0.29, 0.717) is 16.7 Å². The molecule has 1 aliphatic heterocycles. The van der Waals surface area contributed by atoms with Crippen LogP contribution in [-0.2, 0) is 22.4 Å². The number of hydrogen-bond donors (Lipinski definition) is 1. The Balaban J connectivity index is 1.52. The second-order valence-corrected chi connectivity index (χ2v) is 9.36. The fourth-order valence-electron chi connectivity index (χ4n) is 4.35. The van der Waals surface area contributed by atoms with Gasteiger partial charge in [0.25, 0.3) is 11.8 Å². The van der Waals surface area contributed by atoms with Gasteiger partial charge >= 0.3 is 12.2 Å². The summed E-state index contributed by atoms with van der Waals surface area (Å²) in [6, 6.07) is 19.2. The van der Waals surface area contributed by atoms with Gasteiger partial charge in [-0.2, -0.15) is 13.2 Å². The van der Waals surface area contributed by atoms with Crippen molar-refractivity contribution in [1.82, 2.24) is 5.32 Å². The molecule has 0 radical (unpaired) electrons. The highest BCUT2D eigenvalue weighted by atomic mass is 35.5. The number of rotatable bonds is 6. The normalized spacial score (nSPS) is 14.9. The largest absolute Gasteiger partial charge is 0.497 e. The summed E-state index contributed by atoms with van der Waals surface area (Å²) in [4.78, 5) is 39.1. The number of carbonyl (C=O) groups is 3. The van der Waals surface area contributed by atoms with Gasteiger partial charge in [0.2, 0.25) is 0 Å². The molecule has 1 fully saturated rings. The Kier molecular flexibility index (Phi) is 7.42. The van der Waals surface area contributed by atoms with Crippen molar-refractivity contribution < 1.29 is 37.0 Å². The van der Waals surface area contributed by atoms with Crippen LogP contribution in [0, 0.1) is 0 Å². The molecule has 1 aliphatic rings. The zero-order valence-electron chi connectivity index (χ0n) is 21.3. The lowest BCUT2D eigenvalue weighted by Gasteiger charge is -2.27. The molecule has 0 unspecified atom stereocenters. The summed E-state index contributed by atoms with van der Waals surface area (Å²) in [5.41, 5.74) is -0.997. The van der Waals surface area contributed by atoms with Gasteiger partial charge in [-0.3, -0.25) is 14.9 Å². The summed E-state index contributed by atoms with van der Waals surface area (Å²) in [5, 5.41) is 3.69. The Bertz CT molecular complexity index is 1730. The molecule has 1 saturated heterocycles. The highest BCUT2D eigenvalue weighted by Gasteiger charge is 2.39. The molecule has 4 aromatic rings. The molecule has 0 saturated carbocycles. The second kappa shape index (κ2) is 11.0. The van der Waals surface area contributed by atoms with E-state index in [4.69, 9.17) is 21.1 Å². The Labute approximate surface area is 236 Å². The molecule has 0 spiro atoms. The Hall–Kier alpha value is -4.83. The first kappa shape index (κ1) is 27.7. The lowest BCUT2D eigenvalue weighted by atomic mass is 10.0. The second-order valence-electron chi connectivity index (χ2n) is 8.95. The van der Waals surface area contributed by atoms with Crippen LogP contribution in [0.3, 0.4) is 0 Å². The maximum Gasteiger partial charge on any atom is 0.416 e. The standard InChI is InChI=1S/C30H20ClF3N2O5/c1-40-21-11-9-18(26(15-21)41-16-19-7-4-6-17-5-2-3-8-22(17)19)13-23-27(37)35-29(39)36(28(23)38)25-14-20(30(32,33)34)10-12-24(25)31/h2-15H,16H2,1H3,(H,35,37,39)/b23-13-. The molecule has 11 heteroatoms. The molecular formula is C30H20ClF3N2O5. The number of amides is 4. The minimum absolute atomic E-state index is 0.134. The van der Waals surface area contributed by atoms with Crippen LogP contribution in [0.25, 0.3) is 16.8 Å². The SMILES string of the molecule is COc1ccc(/C=C2/C(=O)NC(=O)N(c3cc(C(F)(F)F)ccc3Cl)C2=O)c(OCc2cccc3ccccc23)c1. The number of carbonyl (C=O) groups excluding carboxylic acids is 3. The number of ether oxygens (including phenoxy) is 2. The summed E-state index contributed by atoms with van der Waals surface area (Å²) >= 11 is 6.07. The molecule has 0 atom stereocenters. The van der Waals surface area contributed by atoms with Gasteiger partial charge in [-0.25, -0.2) is 9.69 Å². The van der Waals surface area contributed by atoms with Gasteiger partial charge in [0.1, 0.15) is 23.7 Å². The Morgan fingerprint density at radius 1 is 0.951 bits per heavy atom. The van der Waals surface area contributed by atoms with Gasteiger partial charge in [-0.1, -0.05) is 54.1 Å². The zero-order valence-corrected chi connectivity index (χ0v) is 22.0. The van der Waals surface area contributed by atoms with Crippen molar-refractivity contribution in [3.63, 3.8) is 0 Å². The third-order valence-electron chi connectivity index (χ3n) is 6.40. The summed E-state index contributed by atoms with van der Waals surface area (Å²) in [5.74, 6) is -1.50. The van der Waals surface area contributed by atoms with E-state index in [9.17, 15) is 27.6 Å². The molecule has 208 valence electrons.